The first-order chi connectivity index (χ1) is 15.7. The molecule has 0 radical (unpaired) electrons. The zero-order valence-corrected chi connectivity index (χ0v) is 18.7. The Balaban J connectivity index is 1.56. The lowest BCUT2D eigenvalue weighted by Crippen LogP contribution is -2.43. The van der Waals surface area contributed by atoms with Gasteiger partial charge in [0.15, 0.2) is 0 Å². The molecule has 0 saturated carbocycles. The number of carboxylic acids is 1. The average molecular weight is 488 g/mol. The summed E-state index contributed by atoms with van der Waals surface area (Å²) in [5.74, 6) is -0.899. The number of halogens is 1. The number of carbonyl (C=O) groups is 1. The van der Waals surface area contributed by atoms with Crippen LogP contribution in [-0.4, -0.2) is 38.8 Å². The number of rotatable bonds is 4. The Hall–Kier alpha value is -3.08. The van der Waals surface area contributed by atoms with Crippen molar-refractivity contribution in [1.82, 2.24) is 4.57 Å². The minimum Gasteiger partial charge on any atom is -0.477 e. The quantitative estimate of drug-likeness (QED) is 0.420. The number of thioether (sulfide) groups is 1. The SMILES string of the molecule is O=C(O)c1c2n(c3cc([N+](=O)[O-])c(N4CCC(O)(c5ccc(Cl)cc5)CC4)cc3c1=O)CS2. The van der Waals surface area contributed by atoms with E-state index in [2.05, 4.69) is 0 Å². The molecule has 0 amide bonds. The largest absolute Gasteiger partial charge is 0.477 e. The van der Waals surface area contributed by atoms with E-state index in [-0.39, 0.29) is 22.3 Å². The number of nitro groups is 1. The summed E-state index contributed by atoms with van der Waals surface area (Å²) < 4.78 is 1.62. The Morgan fingerprint density at radius 3 is 2.39 bits per heavy atom. The summed E-state index contributed by atoms with van der Waals surface area (Å²) in [5, 5.41) is 33.6. The van der Waals surface area contributed by atoms with Gasteiger partial charge in [-0.25, -0.2) is 4.79 Å². The van der Waals surface area contributed by atoms with Crippen LogP contribution in [0.4, 0.5) is 11.4 Å². The molecule has 2 aliphatic rings. The molecular formula is C22H18ClN3O6S. The van der Waals surface area contributed by atoms with Gasteiger partial charge in [0.05, 0.1) is 26.9 Å². The number of piperidine rings is 1. The van der Waals surface area contributed by atoms with Crippen LogP contribution in [0.15, 0.2) is 46.2 Å². The summed E-state index contributed by atoms with van der Waals surface area (Å²) in [4.78, 5) is 37.8. The van der Waals surface area contributed by atoms with Crippen LogP contribution < -0.4 is 10.3 Å². The minimum atomic E-state index is -1.32. The van der Waals surface area contributed by atoms with E-state index in [1.165, 1.54) is 23.9 Å². The Bertz CT molecular complexity index is 1380. The minimum absolute atomic E-state index is 0.135. The maximum Gasteiger partial charge on any atom is 0.342 e. The fourth-order valence-corrected chi connectivity index (χ4v) is 5.61. The highest BCUT2D eigenvalue weighted by molar-refractivity contribution is 7.99. The van der Waals surface area contributed by atoms with E-state index in [1.54, 1.807) is 33.7 Å². The van der Waals surface area contributed by atoms with Crippen LogP contribution in [0.25, 0.3) is 10.9 Å². The average Bonchev–Trinajstić information content (AvgIpc) is 2.76. The summed E-state index contributed by atoms with van der Waals surface area (Å²) >= 11 is 7.17. The molecule has 11 heteroatoms. The first-order valence-electron chi connectivity index (χ1n) is 10.2. The van der Waals surface area contributed by atoms with Gasteiger partial charge in [0, 0.05) is 29.6 Å². The van der Waals surface area contributed by atoms with Gasteiger partial charge < -0.3 is 19.7 Å². The Labute approximate surface area is 196 Å². The number of hydrogen-bond donors (Lipinski definition) is 2. The second-order valence-electron chi connectivity index (χ2n) is 8.16. The number of nitrogens with zero attached hydrogens (tertiary/aromatic N) is 3. The summed E-state index contributed by atoms with van der Waals surface area (Å²) in [6.45, 7) is 0.638. The number of nitro benzene ring substituents is 1. The highest BCUT2D eigenvalue weighted by Crippen LogP contribution is 2.42. The Kier molecular flexibility index (Phi) is 5.11. The predicted molar refractivity (Wildman–Crippen MR) is 124 cm³/mol. The summed E-state index contributed by atoms with van der Waals surface area (Å²) in [6, 6.07) is 9.71. The molecule has 2 N–H and O–H groups in total. The van der Waals surface area contributed by atoms with Gasteiger partial charge in [-0.15, -0.1) is 0 Å². The lowest BCUT2D eigenvalue weighted by molar-refractivity contribution is -0.384. The fourth-order valence-electron chi connectivity index (χ4n) is 4.54. The predicted octanol–water partition coefficient (Wildman–Crippen LogP) is 3.81. The molecule has 33 heavy (non-hydrogen) atoms. The topological polar surface area (TPSA) is 126 Å². The van der Waals surface area contributed by atoms with Crippen molar-refractivity contribution in [2.24, 2.45) is 0 Å². The Morgan fingerprint density at radius 1 is 1.18 bits per heavy atom. The third-order valence-electron chi connectivity index (χ3n) is 6.37. The molecule has 0 spiro atoms. The zero-order chi connectivity index (χ0) is 23.5. The van der Waals surface area contributed by atoms with Crippen LogP contribution in [0.5, 0.6) is 0 Å². The monoisotopic (exact) mass is 487 g/mol. The van der Waals surface area contributed by atoms with Crippen LogP contribution >= 0.6 is 23.4 Å². The maximum absolute atomic E-state index is 13.0. The summed E-state index contributed by atoms with van der Waals surface area (Å²) in [5.41, 5.74) is -0.899. The van der Waals surface area contributed by atoms with E-state index in [0.29, 0.717) is 47.4 Å². The van der Waals surface area contributed by atoms with Gasteiger partial charge >= 0.3 is 5.97 Å². The van der Waals surface area contributed by atoms with Gasteiger partial charge in [0.25, 0.3) is 5.69 Å². The molecule has 1 saturated heterocycles. The number of hydrogen-bond acceptors (Lipinski definition) is 7. The van der Waals surface area contributed by atoms with Crippen molar-refractivity contribution < 1.29 is 19.9 Å². The van der Waals surface area contributed by atoms with Crippen LogP contribution in [0.2, 0.25) is 5.02 Å². The van der Waals surface area contributed by atoms with Crippen molar-refractivity contribution in [3.05, 3.63) is 72.9 Å². The van der Waals surface area contributed by atoms with E-state index in [1.807, 2.05) is 0 Å². The van der Waals surface area contributed by atoms with Gasteiger partial charge in [-0.3, -0.25) is 14.9 Å². The van der Waals surface area contributed by atoms with E-state index >= 15 is 0 Å². The van der Waals surface area contributed by atoms with Crippen LogP contribution in [-0.2, 0) is 11.5 Å². The van der Waals surface area contributed by atoms with E-state index < -0.39 is 21.9 Å². The van der Waals surface area contributed by atoms with Crippen molar-refractivity contribution in [3.63, 3.8) is 0 Å². The molecule has 170 valence electrons. The number of aromatic nitrogens is 1. The molecule has 3 heterocycles. The molecule has 5 rings (SSSR count). The van der Waals surface area contributed by atoms with E-state index in [0.717, 1.165) is 5.56 Å². The van der Waals surface area contributed by atoms with E-state index in [4.69, 9.17) is 11.6 Å². The molecule has 2 aromatic carbocycles. The number of aliphatic hydroxyl groups is 1. The second-order valence-corrected chi connectivity index (χ2v) is 9.53. The summed E-state index contributed by atoms with van der Waals surface area (Å²) in [7, 11) is 0. The molecule has 9 nitrogen and oxygen atoms in total. The zero-order valence-electron chi connectivity index (χ0n) is 17.2. The maximum atomic E-state index is 13.0. The number of anilines is 1. The van der Waals surface area contributed by atoms with Gasteiger partial charge in [-0.1, -0.05) is 35.5 Å². The van der Waals surface area contributed by atoms with Crippen molar-refractivity contribution in [3.8, 4) is 0 Å². The number of fused-ring (bicyclic) bond motifs is 3. The van der Waals surface area contributed by atoms with Crippen LogP contribution in [0.1, 0.15) is 28.8 Å². The van der Waals surface area contributed by atoms with Crippen molar-refractivity contribution >= 4 is 51.6 Å². The van der Waals surface area contributed by atoms with Crippen molar-refractivity contribution in [1.29, 1.82) is 0 Å². The van der Waals surface area contributed by atoms with Crippen molar-refractivity contribution in [2.45, 2.75) is 29.3 Å². The second kappa shape index (κ2) is 7.75. The molecule has 3 aromatic rings. The highest BCUT2D eigenvalue weighted by atomic mass is 35.5. The smallest absolute Gasteiger partial charge is 0.342 e. The third-order valence-corrected chi connectivity index (χ3v) is 7.71. The van der Waals surface area contributed by atoms with Crippen LogP contribution in [0.3, 0.4) is 0 Å². The highest BCUT2D eigenvalue weighted by Gasteiger charge is 2.37. The number of pyridine rings is 1. The van der Waals surface area contributed by atoms with Gasteiger partial charge in [-0.05, 0) is 36.6 Å². The normalized spacial score (nSPS) is 16.8. The summed E-state index contributed by atoms with van der Waals surface area (Å²) in [6.07, 6.45) is 0.647. The van der Waals surface area contributed by atoms with Gasteiger partial charge in [0.2, 0.25) is 5.43 Å². The third kappa shape index (κ3) is 3.45. The fraction of sp³-hybridized carbons (Fsp3) is 0.273. The number of carboxylic acid groups (broad SMARTS) is 1. The number of aromatic carboxylic acids is 1. The Morgan fingerprint density at radius 2 is 1.85 bits per heavy atom. The molecule has 0 aliphatic carbocycles. The lowest BCUT2D eigenvalue weighted by Gasteiger charge is -2.39. The molecule has 0 atom stereocenters. The molecular weight excluding hydrogens is 470 g/mol. The molecule has 0 bridgehead atoms. The lowest BCUT2D eigenvalue weighted by atomic mass is 9.84. The standard InChI is InChI=1S/C22H18ClN3O6S/c23-13-3-1-12(2-4-13)22(30)5-7-24(8-6-22)16-9-14-15(10-17(16)26(31)32)25-11-33-20(25)18(19(14)27)21(28)29/h1-4,9-10,30H,5-8,11H2,(H,28,29). The first-order valence-corrected chi connectivity index (χ1v) is 11.5. The van der Waals surface area contributed by atoms with Gasteiger partial charge in [0.1, 0.15) is 11.3 Å². The van der Waals surface area contributed by atoms with Gasteiger partial charge in [-0.2, -0.15) is 0 Å². The first kappa shape index (κ1) is 21.7. The van der Waals surface area contributed by atoms with Crippen LogP contribution in [0, 0.1) is 10.1 Å². The van der Waals surface area contributed by atoms with Crippen molar-refractivity contribution in [2.75, 3.05) is 18.0 Å². The van der Waals surface area contributed by atoms with E-state index in [9.17, 15) is 29.9 Å². The molecule has 0 unspecified atom stereocenters. The number of benzene rings is 2. The molecule has 1 fully saturated rings. The molecule has 2 aliphatic heterocycles. The molecule has 1 aromatic heterocycles.